The van der Waals surface area contributed by atoms with Crippen LogP contribution in [0.4, 0.5) is 0 Å². The van der Waals surface area contributed by atoms with E-state index < -0.39 is 0 Å². The molecule has 1 aliphatic rings. The summed E-state index contributed by atoms with van der Waals surface area (Å²) in [7, 11) is 0. The summed E-state index contributed by atoms with van der Waals surface area (Å²) in [5.41, 5.74) is 6.33. The molecule has 1 aromatic rings. The number of hydrogen-bond acceptors (Lipinski definition) is 4. The first-order chi connectivity index (χ1) is 7.29. The first-order valence-electron chi connectivity index (χ1n) is 4.79. The predicted octanol–water partition coefficient (Wildman–Crippen LogP) is 0.313. The second-order valence-electron chi connectivity index (χ2n) is 3.49. The minimum absolute atomic E-state index is 0.136. The van der Waals surface area contributed by atoms with Gasteiger partial charge in [0.05, 0.1) is 5.92 Å². The van der Waals surface area contributed by atoms with Gasteiger partial charge in [0.15, 0.2) is 0 Å². The van der Waals surface area contributed by atoms with Gasteiger partial charge in [-0.2, -0.15) is 0 Å². The lowest BCUT2D eigenvalue weighted by Gasteiger charge is -2.19. The monoisotopic (exact) mass is 223 g/mol. The molecule has 0 aliphatic carbocycles. The number of pyridine rings is 1. The zero-order valence-electron chi connectivity index (χ0n) is 8.22. The molecule has 80 valence electrons. The van der Waals surface area contributed by atoms with Crippen molar-refractivity contribution >= 4 is 17.7 Å². The summed E-state index contributed by atoms with van der Waals surface area (Å²) in [6, 6.07) is 3.86. The zero-order chi connectivity index (χ0) is 10.7. The molecule has 2 rings (SSSR count). The highest BCUT2D eigenvalue weighted by Gasteiger charge is 2.30. The van der Waals surface area contributed by atoms with Gasteiger partial charge in [-0.05, 0) is 11.6 Å². The van der Waals surface area contributed by atoms with E-state index in [1.165, 1.54) is 0 Å². The largest absolute Gasteiger partial charge is 0.369 e. The van der Waals surface area contributed by atoms with Gasteiger partial charge in [-0.1, -0.05) is 6.07 Å². The number of thioether (sulfide) groups is 1. The van der Waals surface area contributed by atoms with E-state index in [0.717, 1.165) is 17.2 Å². The Balaban J connectivity index is 2.23. The van der Waals surface area contributed by atoms with Crippen LogP contribution < -0.4 is 11.1 Å². The second-order valence-corrected chi connectivity index (χ2v) is 4.52. The number of nitrogens with one attached hydrogen (secondary N) is 1. The third-order valence-corrected chi connectivity index (χ3v) is 3.46. The minimum Gasteiger partial charge on any atom is -0.369 e. The summed E-state index contributed by atoms with van der Waals surface area (Å²) in [6.45, 7) is 0. The fraction of sp³-hybridized carbons (Fsp3) is 0.400. The normalized spacial score (nSPS) is 22.5. The highest BCUT2D eigenvalue weighted by Crippen LogP contribution is 2.25. The molecule has 1 amide bonds. The Morgan fingerprint density at radius 3 is 3.13 bits per heavy atom. The van der Waals surface area contributed by atoms with E-state index >= 15 is 0 Å². The van der Waals surface area contributed by atoms with Crippen molar-refractivity contribution in [2.75, 3.05) is 11.6 Å². The number of carbonyl (C=O) groups is 1. The number of primary amides is 1. The lowest BCUT2D eigenvalue weighted by Crippen LogP contribution is -2.38. The van der Waals surface area contributed by atoms with Crippen LogP contribution in [-0.4, -0.2) is 28.6 Å². The molecule has 0 saturated carbocycles. The van der Waals surface area contributed by atoms with Gasteiger partial charge >= 0.3 is 0 Å². The summed E-state index contributed by atoms with van der Waals surface area (Å²) in [5, 5.41) is 3.27. The van der Waals surface area contributed by atoms with Crippen LogP contribution in [0.3, 0.4) is 0 Å². The zero-order valence-corrected chi connectivity index (χ0v) is 9.04. The van der Waals surface area contributed by atoms with Crippen LogP contribution in [0, 0.1) is 0 Å². The molecule has 1 aromatic heterocycles. The Kier molecular flexibility index (Phi) is 3.23. The average molecular weight is 223 g/mol. The number of aromatic nitrogens is 1. The van der Waals surface area contributed by atoms with Crippen LogP contribution in [0.5, 0.6) is 0 Å². The Labute approximate surface area is 92.6 Å². The quantitative estimate of drug-likeness (QED) is 0.774. The molecule has 1 aliphatic heterocycles. The Morgan fingerprint density at radius 1 is 1.73 bits per heavy atom. The number of carbonyl (C=O) groups excluding carboxylic acids is 1. The van der Waals surface area contributed by atoms with Crippen molar-refractivity contribution in [2.24, 2.45) is 5.73 Å². The lowest BCUT2D eigenvalue weighted by atomic mass is 9.93. The maximum absolute atomic E-state index is 11.4. The van der Waals surface area contributed by atoms with Crippen molar-refractivity contribution in [1.29, 1.82) is 0 Å². The van der Waals surface area contributed by atoms with Crippen LogP contribution in [-0.2, 0) is 4.79 Å². The molecule has 1 fully saturated rings. The molecule has 15 heavy (non-hydrogen) atoms. The van der Waals surface area contributed by atoms with Crippen LogP contribution in [0.25, 0.3) is 0 Å². The van der Waals surface area contributed by atoms with Gasteiger partial charge < -0.3 is 11.1 Å². The number of nitrogens with zero attached hydrogens (tertiary/aromatic N) is 1. The maximum Gasteiger partial charge on any atom is 0.226 e. The van der Waals surface area contributed by atoms with Crippen molar-refractivity contribution in [2.45, 2.75) is 12.0 Å². The molecular formula is C10H13N3OS. The van der Waals surface area contributed by atoms with Crippen LogP contribution in [0.15, 0.2) is 24.5 Å². The Bertz CT molecular complexity index is 338. The van der Waals surface area contributed by atoms with E-state index in [0.29, 0.717) is 0 Å². The standard InChI is InChI=1S/C10H13N3OS/c11-10(14)9(8-5-15-6-13-8)7-2-1-3-12-4-7/h1-4,8-9,13H,5-6H2,(H2,11,14). The van der Waals surface area contributed by atoms with Crippen LogP contribution >= 0.6 is 11.8 Å². The highest BCUT2D eigenvalue weighted by molar-refractivity contribution is 7.99. The number of amides is 1. The highest BCUT2D eigenvalue weighted by atomic mass is 32.2. The van der Waals surface area contributed by atoms with Crippen LogP contribution in [0.2, 0.25) is 0 Å². The van der Waals surface area contributed by atoms with Crippen molar-refractivity contribution in [3.63, 3.8) is 0 Å². The summed E-state index contributed by atoms with van der Waals surface area (Å²) in [6.07, 6.45) is 3.40. The number of hydrogen-bond donors (Lipinski definition) is 2. The molecular weight excluding hydrogens is 210 g/mol. The molecule has 3 N–H and O–H groups in total. The fourth-order valence-electron chi connectivity index (χ4n) is 1.78. The molecule has 0 aromatic carbocycles. The van der Waals surface area contributed by atoms with E-state index in [1.54, 1.807) is 24.2 Å². The minimum atomic E-state index is -0.289. The van der Waals surface area contributed by atoms with Crippen LogP contribution in [0.1, 0.15) is 11.5 Å². The molecule has 4 nitrogen and oxygen atoms in total. The van der Waals surface area contributed by atoms with E-state index in [9.17, 15) is 4.79 Å². The Morgan fingerprint density at radius 2 is 2.60 bits per heavy atom. The molecule has 2 atom stereocenters. The first kappa shape index (κ1) is 10.4. The molecule has 5 heteroatoms. The number of rotatable bonds is 3. The van der Waals surface area contributed by atoms with Crippen molar-refractivity contribution in [3.8, 4) is 0 Å². The molecule has 2 unspecified atom stereocenters. The lowest BCUT2D eigenvalue weighted by molar-refractivity contribution is -0.119. The fourth-order valence-corrected chi connectivity index (χ4v) is 2.79. The molecule has 2 heterocycles. The van der Waals surface area contributed by atoms with E-state index in [4.69, 9.17) is 5.73 Å². The van der Waals surface area contributed by atoms with Gasteiger partial charge in [0.1, 0.15) is 0 Å². The third-order valence-electron chi connectivity index (χ3n) is 2.50. The van der Waals surface area contributed by atoms with Gasteiger partial charge in [-0.15, -0.1) is 11.8 Å². The van der Waals surface area contributed by atoms with Gasteiger partial charge in [0.2, 0.25) is 5.91 Å². The number of nitrogens with two attached hydrogens (primary N) is 1. The average Bonchev–Trinajstić information content (AvgIpc) is 2.72. The van der Waals surface area contributed by atoms with E-state index in [2.05, 4.69) is 10.3 Å². The third kappa shape index (κ3) is 2.30. The Hall–Kier alpha value is -1.07. The van der Waals surface area contributed by atoms with E-state index in [-0.39, 0.29) is 17.9 Å². The summed E-state index contributed by atoms with van der Waals surface area (Å²) in [5.74, 6) is 1.24. The molecule has 0 radical (unpaired) electrons. The van der Waals surface area contributed by atoms with Gasteiger partial charge in [0, 0.05) is 30.1 Å². The van der Waals surface area contributed by atoms with Crippen molar-refractivity contribution < 1.29 is 4.79 Å². The SMILES string of the molecule is NC(=O)C(c1cccnc1)C1CSCN1. The van der Waals surface area contributed by atoms with Gasteiger partial charge in [0.25, 0.3) is 0 Å². The summed E-state index contributed by atoms with van der Waals surface area (Å²) < 4.78 is 0. The molecule has 1 saturated heterocycles. The summed E-state index contributed by atoms with van der Waals surface area (Å²) in [4.78, 5) is 15.4. The smallest absolute Gasteiger partial charge is 0.226 e. The molecule has 0 spiro atoms. The van der Waals surface area contributed by atoms with Crippen molar-refractivity contribution in [3.05, 3.63) is 30.1 Å². The topological polar surface area (TPSA) is 68.0 Å². The van der Waals surface area contributed by atoms with E-state index in [1.807, 2.05) is 12.1 Å². The first-order valence-corrected chi connectivity index (χ1v) is 5.95. The maximum atomic E-state index is 11.4. The predicted molar refractivity (Wildman–Crippen MR) is 60.4 cm³/mol. The van der Waals surface area contributed by atoms with Gasteiger partial charge in [-0.3, -0.25) is 9.78 Å². The summed E-state index contributed by atoms with van der Waals surface area (Å²) >= 11 is 1.78. The molecule has 0 bridgehead atoms. The van der Waals surface area contributed by atoms with Gasteiger partial charge in [-0.25, -0.2) is 0 Å². The van der Waals surface area contributed by atoms with Crippen molar-refractivity contribution in [1.82, 2.24) is 10.3 Å². The second kappa shape index (κ2) is 4.63.